The Hall–Kier alpha value is -3.51. The molecule has 1 aliphatic rings. The number of aliphatic hydroxyl groups is 1. The third-order valence-corrected chi connectivity index (χ3v) is 5.74. The third-order valence-electron chi connectivity index (χ3n) is 5.33. The van der Waals surface area contributed by atoms with Crippen LogP contribution in [0.4, 0.5) is 10.1 Å². The molecule has 4 rings (SSSR count). The van der Waals surface area contributed by atoms with Gasteiger partial charge in [0.1, 0.15) is 11.6 Å². The zero-order valence-corrected chi connectivity index (χ0v) is 17.5. The molecule has 5 nitrogen and oxygen atoms in total. The maximum absolute atomic E-state index is 13.7. The highest BCUT2D eigenvalue weighted by atomic mass is 35.5. The summed E-state index contributed by atoms with van der Waals surface area (Å²) in [4.78, 5) is 31.4. The normalized spacial score (nSPS) is 17.9. The van der Waals surface area contributed by atoms with Gasteiger partial charge in [0.2, 0.25) is 0 Å². The number of nitrogens with zero attached hydrogens (tertiary/aromatic N) is 2. The molecule has 3 aromatic rings. The highest BCUT2D eigenvalue weighted by Gasteiger charge is 2.47. The molecule has 1 unspecified atom stereocenters. The van der Waals surface area contributed by atoms with E-state index in [9.17, 15) is 19.1 Å². The average molecular weight is 437 g/mol. The monoisotopic (exact) mass is 436 g/mol. The molecule has 1 N–H and O–H groups in total. The summed E-state index contributed by atoms with van der Waals surface area (Å²) in [6, 6.07) is 11.5. The molecule has 0 spiro atoms. The molecule has 1 aromatic heterocycles. The van der Waals surface area contributed by atoms with E-state index in [2.05, 4.69) is 4.98 Å². The maximum Gasteiger partial charge on any atom is 0.300 e. The summed E-state index contributed by atoms with van der Waals surface area (Å²) in [5.41, 5.74) is 2.31. The molecule has 1 saturated heterocycles. The zero-order chi connectivity index (χ0) is 22.3. The van der Waals surface area contributed by atoms with Gasteiger partial charge in [0.05, 0.1) is 11.6 Å². The van der Waals surface area contributed by atoms with Crippen LogP contribution in [0.1, 0.15) is 28.3 Å². The van der Waals surface area contributed by atoms with Crippen LogP contribution in [0.3, 0.4) is 0 Å². The number of aliphatic hydroxyl groups excluding tert-OH is 1. The fraction of sp³-hybridized carbons (Fsp3) is 0.125. The summed E-state index contributed by atoms with van der Waals surface area (Å²) in [6.07, 6.45) is 3.08. The maximum atomic E-state index is 13.7. The minimum Gasteiger partial charge on any atom is -0.507 e. The molecule has 2 heterocycles. The predicted octanol–water partition coefficient (Wildman–Crippen LogP) is 5.12. The number of pyridine rings is 1. The van der Waals surface area contributed by atoms with E-state index >= 15 is 0 Å². The van der Waals surface area contributed by atoms with Crippen LogP contribution in [0, 0.1) is 19.7 Å². The Bertz CT molecular complexity index is 1240. The number of hydrogen-bond acceptors (Lipinski definition) is 4. The Kier molecular flexibility index (Phi) is 5.33. The van der Waals surface area contributed by atoms with Crippen LogP contribution in [0.5, 0.6) is 0 Å². The zero-order valence-electron chi connectivity index (χ0n) is 16.8. The molecule has 0 saturated carbocycles. The van der Waals surface area contributed by atoms with E-state index in [-0.39, 0.29) is 16.9 Å². The van der Waals surface area contributed by atoms with Gasteiger partial charge in [-0.1, -0.05) is 17.7 Å². The number of Topliss-reactive ketones (excluding diaryl/α,β-unsaturated/α-hetero) is 1. The summed E-state index contributed by atoms with van der Waals surface area (Å²) >= 11 is 6.27. The highest BCUT2D eigenvalue weighted by molar-refractivity contribution is 6.51. The van der Waals surface area contributed by atoms with Crippen molar-refractivity contribution in [1.29, 1.82) is 0 Å². The first-order valence-corrected chi connectivity index (χ1v) is 9.91. The van der Waals surface area contributed by atoms with Crippen LogP contribution < -0.4 is 4.90 Å². The van der Waals surface area contributed by atoms with Crippen LogP contribution in [-0.4, -0.2) is 21.8 Å². The van der Waals surface area contributed by atoms with Crippen LogP contribution in [0.25, 0.3) is 5.76 Å². The second-order valence-electron chi connectivity index (χ2n) is 7.35. The minimum absolute atomic E-state index is 0.0843. The van der Waals surface area contributed by atoms with Gasteiger partial charge < -0.3 is 5.11 Å². The number of anilines is 1. The molecule has 1 aliphatic heterocycles. The van der Waals surface area contributed by atoms with Gasteiger partial charge in [-0.15, -0.1) is 0 Å². The van der Waals surface area contributed by atoms with Crippen molar-refractivity contribution in [2.24, 2.45) is 0 Å². The lowest BCUT2D eigenvalue weighted by atomic mass is 9.95. The van der Waals surface area contributed by atoms with Gasteiger partial charge in [-0.2, -0.15) is 0 Å². The van der Waals surface area contributed by atoms with Crippen LogP contribution in [-0.2, 0) is 9.59 Å². The Morgan fingerprint density at radius 2 is 1.74 bits per heavy atom. The van der Waals surface area contributed by atoms with E-state index in [1.807, 2.05) is 6.92 Å². The van der Waals surface area contributed by atoms with Gasteiger partial charge in [0.25, 0.3) is 11.7 Å². The topological polar surface area (TPSA) is 70.5 Å². The molecule has 1 amide bonds. The molecule has 0 aliphatic carbocycles. The SMILES string of the molecule is Cc1cc(/C(O)=C2\C(=O)C(=O)N(c3ccc(C)c(Cl)c3)C2c2ccncc2)ccc1F. The van der Waals surface area contributed by atoms with E-state index in [0.29, 0.717) is 21.8 Å². The molecule has 2 aromatic carbocycles. The summed E-state index contributed by atoms with van der Waals surface area (Å²) in [5.74, 6) is -2.43. The largest absolute Gasteiger partial charge is 0.507 e. The van der Waals surface area contributed by atoms with Crippen molar-refractivity contribution < 1.29 is 19.1 Å². The van der Waals surface area contributed by atoms with Crippen molar-refractivity contribution in [3.05, 3.63) is 99.6 Å². The molecule has 156 valence electrons. The molecule has 1 atom stereocenters. The molecular weight excluding hydrogens is 419 g/mol. The van der Waals surface area contributed by atoms with Crippen molar-refractivity contribution in [3.63, 3.8) is 0 Å². The number of hydrogen-bond donors (Lipinski definition) is 1. The Morgan fingerprint density at radius 1 is 1.03 bits per heavy atom. The number of carbonyl (C=O) groups excluding carboxylic acids is 2. The van der Waals surface area contributed by atoms with E-state index in [1.165, 1.54) is 23.1 Å². The van der Waals surface area contributed by atoms with Gasteiger partial charge in [-0.25, -0.2) is 4.39 Å². The highest BCUT2D eigenvalue weighted by Crippen LogP contribution is 2.42. The lowest BCUT2D eigenvalue weighted by Gasteiger charge is -2.25. The van der Waals surface area contributed by atoms with Crippen LogP contribution in [0.15, 0.2) is 66.5 Å². The van der Waals surface area contributed by atoms with Gasteiger partial charge in [0.15, 0.2) is 0 Å². The third kappa shape index (κ3) is 3.59. The number of aryl methyl sites for hydroxylation is 2. The molecular formula is C24H18ClFN2O3. The van der Waals surface area contributed by atoms with Crippen LogP contribution in [0.2, 0.25) is 5.02 Å². The fourth-order valence-electron chi connectivity index (χ4n) is 3.64. The Morgan fingerprint density at radius 3 is 2.39 bits per heavy atom. The van der Waals surface area contributed by atoms with E-state index < -0.39 is 23.5 Å². The van der Waals surface area contributed by atoms with Gasteiger partial charge in [-0.3, -0.25) is 19.5 Å². The first-order valence-electron chi connectivity index (χ1n) is 9.53. The lowest BCUT2D eigenvalue weighted by Crippen LogP contribution is -2.29. The quantitative estimate of drug-likeness (QED) is 0.351. The summed E-state index contributed by atoms with van der Waals surface area (Å²) < 4.78 is 13.7. The first kappa shape index (κ1) is 20.8. The van der Waals surface area contributed by atoms with Gasteiger partial charge in [-0.05, 0) is 73.0 Å². The lowest BCUT2D eigenvalue weighted by molar-refractivity contribution is -0.132. The number of carbonyl (C=O) groups is 2. The molecule has 7 heteroatoms. The summed E-state index contributed by atoms with van der Waals surface area (Å²) in [7, 11) is 0. The number of amides is 1. The fourth-order valence-corrected chi connectivity index (χ4v) is 3.81. The number of halogens is 2. The standard InChI is InChI=1S/C24H18ClFN2O3/c1-13-3-5-17(12-18(13)25)28-21(15-7-9-27-10-8-15)20(23(30)24(28)31)22(29)16-4-6-19(26)14(2)11-16/h3-12,21,29H,1-2H3/b22-20+. The van der Waals surface area contributed by atoms with Crippen molar-refractivity contribution >= 4 is 34.7 Å². The van der Waals surface area contributed by atoms with E-state index in [0.717, 1.165) is 5.56 Å². The molecule has 0 bridgehead atoms. The van der Waals surface area contributed by atoms with Crippen molar-refractivity contribution in [2.75, 3.05) is 4.90 Å². The number of ketones is 1. The van der Waals surface area contributed by atoms with Crippen molar-refractivity contribution in [2.45, 2.75) is 19.9 Å². The van der Waals surface area contributed by atoms with Crippen LogP contribution >= 0.6 is 11.6 Å². The van der Waals surface area contributed by atoms with Gasteiger partial charge in [0, 0.05) is 28.7 Å². The molecule has 31 heavy (non-hydrogen) atoms. The van der Waals surface area contributed by atoms with E-state index in [1.54, 1.807) is 49.6 Å². The summed E-state index contributed by atoms with van der Waals surface area (Å²) in [6.45, 7) is 3.39. The number of aromatic nitrogens is 1. The smallest absolute Gasteiger partial charge is 0.300 e. The second-order valence-corrected chi connectivity index (χ2v) is 7.75. The Balaban J connectivity index is 1.95. The van der Waals surface area contributed by atoms with Crippen molar-refractivity contribution in [3.8, 4) is 0 Å². The summed E-state index contributed by atoms with van der Waals surface area (Å²) in [5, 5.41) is 11.5. The van der Waals surface area contributed by atoms with E-state index in [4.69, 9.17) is 11.6 Å². The first-order chi connectivity index (χ1) is 14.8. The predicted molar refractivity (Wildman–Crippen MR) is 116 cm³/mol. The molecule has 0 radical (unpaired) electrons. The average Bonchev–Trinajstić information content (AvgIpc) is 3.03. The molecule has 1 fully saturated rings. The number of rotatable bonds is 3. The minimum atomic E-state index is -0.896. The Labute approximate surface area is 183 Å². The van der Waals surface area contributed by atoms with Crippen molar-refractivity contribution in [1.82, 2.24) is 4.98 Å². The second kappa shape index (κ2) is 7.96. The van der Waals surface area contributed by atoms with Gasteiger partial charge >= 0.3 is 0 Å². The number of benzene rings is 2.